The van der Waals surface area contributed by atoms with Crippen LogP contribution in [0.3, 0.4) is 0 Å². The summed E-state index contributed by atoms with van der Waals surface area (Å²) in [5.74, 6) is 4.91. The van der Waals surface area contributed by atoms with Crippen molar-refractivity contribution in [2.75, 3.05) is 7.11 Å². The van der Waals surface area contributed by atoms with E-state index in [4.69, 9.17) is 4.74 Å². The Hall–Kier alpha value is -0.760. The van der Waals surface area contributed by atoms with Crippen LogP contribution in [0.2, 0.25) is 0 Å². The molecule has 0 aromatic carbocycles. The largest absolute Gasteiger partial charge is 0.501 e. The minimum atomic E-state index is -0.146. The van der Waals surface area contributed by atoms with Crippen LogP contribution in [0.25, 0.3) is 0 Å². The Morgan fingerprint density at radius 1 is 1.29 bits per heavy atom. The summed E-state index contributed by atoms with van der Waals surface area (Å²) in [6.45, 7) is 7.01. The molecule has 2 saturated carbocycles. The van der Waals surface area contributed by atoms with E-state index in [1.807, 2.05) is 14.0 Å². The molecule has 134 valence electrons. The van der Waals surface area contributed by atoms with Crippen molar-refractivity contribution in [3.8, 4) is 0 Å². The third-order valence-electron chi connectivity index (χ3n) is 8.31. The van der Waals surface area contributed by atoms with E-state index in [2.05, 4.69) is 19.9 Å². The highest BCUT2D eigenvalue weighted by molar-refractivity contribution is 5.33. The molecule has 0 bridgehead atoms. The van der Waals surface area contributed by atoms with Gasteiger partial charge in [-0.1, -0.05) is 25.0 Å². The van der Waals surface area contributed by atoms with Crippen molar-refractivity contribution in [2.45, 2.75) is 71.8 Å². The molecule has 0 heterocycles. The average Bonchev–Trinajstić information content (AvgIpc) is 2.91. The van der Waals surface area contributed by atoms with Crippen LogP contribution in [-0.2, 0) is 4.74 Å². The normalized spacial score (nSPS) is 45.9. The van der Waals surface area contributed by atoms with Gasteiger partial charge in [-0.25, -0.2) is 0 Å². The highest BCUT2D eigenvalue weighted by Crippen LogP contribution is 2.64. The monoisotopic (exact) mass is 330 g/mol. The smallest absolute Gasteiger partial charge is 0.0959 e. The van der Waals surface area contributed by atoms with Crippen molar-refractivity contribution in [3.05, 3.63) is 23.0 Å². The quantitative estimate of drug-likeness (QED) is 0.715. The second-order valence-electron chi connectivity index (χ2n) is 9.32. The molecule has 7 atom stereocenters. The Balaban J connectivity index is 1.64. The molecule has 2 fully saturated rings. The standard InChI is InChI=1S/C22H34O2/c1-13-11-15-12-16(24-4)5-6-17(15)18-9-10-22(3)19(14(2)23)7-8-20(22)21(13)18/h5,13-14,18-21,23H,6-12H2,1-4H3/t13-,14+,18-,19+,20-,21-,22-/m1/s1. The Bertz CT molecular complexity index is 573. The van der Waals surface area contributed by atoms with Crippen LogP contribution >= 0.6 is 0 Å². The van der Waals surface area contributed by atoms with Gasteiger partial charge in [0.15, 0.2) is 0 Å². The lowest BCUT2D eigenvalue weighted by Crippen LogP contribution is -2.47. The van der Waals surface area contributed by atoms with Gasteiger partial charge in [-0.05, 0) is 86.5 Å². The van der Waals surface area contributed by atoms with E-state index in [1.54, 1.807) is 11.1 Å². The summed E-state index contributed by atoms with van der Waals surface area (Å²) in [5, 5.41) is 10.3. The topological polar surface area (TPSA) is 29.5 Å². The van der Waals surface area contributed by atoms with Crippen LogP contribution in [0.5, 0.6) is 0 Å². The maximum Gasteiger partial charge on any atom is 0.0959 e. The van der Waals surface area contributed by atoms with E-state index in [0.717, 1.165) is 36.5 Å². The van der Waals surface area contributed by atoms with Gasteiger partial charge in [0.2, 0.25) is 0 Å². The van der Waals surface area contributed by atoms with Crippen LogP contribution < -0.4 is 0 Å². The molecular weight excluding hydrogens is 296 g/mol. The zero-order chi connectivity index (χ0) is 17.1. The summed E-state index contributed by atoms with van der Waals surface area (Å²) in [5.41, 5.74) is 3.82. The first-order chi connectivity index (χ1) is 11.5. The molecule has 0 unspecified atom stereocenters. The van der Waals surface area contributed by atoms with Crippen LogP contribution in [0, 0.1) is 35.0 Å². The number of allylic oxidation sites excluding steroid dienone is 3. The Morgan fingerprint density at radius 2 is 2.08 bits per heavy atom. The summed E-state index contributed by atoms with van der Waals surface area (Å²) in [6.07, 6.45) is 10.8. The van der Waals surface area contributed by atoms with Crippen molar-refractivity contribution in [2.24, 2.45) is 35.0 Å². The lowest BCUT2D eigenvalue weighted by molar-refractivity contribution is -0.0408. The fourth-order valence-electron chi connectivity index (χ4n) is 7.29. The van der Waals surface area contributed by atoms with Gasteiger partial charge in [-0.3, -0.25) is 0 Å². The van der Waals surface area contributed by atoms with Crippen LogP contribution in [0.1, 0.15) is 65.7 Å². The molecule has 4 rings (SSSR count). The molecule has 0 aromatic heterocycles. The zero-order valence-electron chi connectivity index (χ0n) is 15.8. The maximum atomic E-state index is 10.3. The predicted molar refractivity (Wildman–Crippen MR) is 97.3 cm³/mol. The second-order valence-corrected chi connectivity index (χ2v) is 9.32. The molecule has 0 aliphatic heterocycles. The summed E-state index contributed by atoms with van der Waals surface area (Å²) in [6, 6.07) is 0. The molecule has 2 nitrogen and oxygen atoms in total. The van der Waals surface area contributed by atoms with Crippen molar-refractivity contribution >= 4 is 0 Å². The molecule has 4 aliphatic carbocycles. The van der Waals surface area contributed by atoms with E-state index >= 15 is 0 Å². The summed E-state index contributed by atoms with van der Waals surface area (Å²) < 4.78 is 5.54. The fourth-order valence-corrected chi connectivity index (χ4v) is 7.29. The summed E-state index contributed by atoms with van der Waals surface area (Å²) >= 11 is 0. The zero-order valence-corrected chi connectivity index (χ0v) is 15.8. The number of rotatable bonds is 2. The third kappa shape index (κ3) is 2.32. The molecule has 0 spiro atoms. The third-order valence-corrected chi connectivity index (χ3v) is 8.31. The number of methoxy groups -OCH3 is 1. The molecule has 0 aromatic rings. The first-order valence-electron chi connectivity index (χ1n) is 10.1. The minimum absolute atomic E-state index is 0.146. The first-order valence-corrected chi connectivity index (χ1v) is 10.1. The van der Waals surface area contributed by atoms with Gasteiger partial charge in [0.05, 0.1) is 19.0 Å². The van der Waals surface area contributed by atoms with Gasteiger partial charge in [-0.2, -0.15) is 0 Å². The van der Waals surface area contributed by atoms with E-state index in [1.165, 1.54) is 37.9 Å². The number of ether oxygens (including phenoxy) is 1. The van der Waals surface area contributed by atoms with Crippen molar-refractivity contribution in [1.29, 1.82) is 0 Å². The minimum Gasteiger partial charge on any atom is -0.501 e. The van der Waals surface area contributed by atoms with E-state index in [-0.39, 0.29) is 6.10 Å². The van der Waals surface area contributed by atoms with Crippen molar-refractivity contribution in [1.82, 2.24) is 0 Å². The number of aliphatic hydroxyl groups excluding tert-OH is 1. The highest BCUT2D eigenvalue weighted by Gasteiger charge is 2.57. The lowest BCUT2D eigenvalue weighted by Gasteiger charge is -2.54. The number of hydrogen-bond acceptors (Lipinski definition) is 2. The molecule has 24 heavy (non-hydrogen) atoms. The van der Waals surface area contributed by atoms with Gasteiger partial charge in [-0.15, -0.1) is 0 Å². The highest BCUT2D eigenvalue weighted by atomic mass is 16.5. The molecule has 0 amide bonds. The number of hydrogen-bond donors (Lipinski definition) is 1. The van der Waals surface area contributed by atoms with Crippen LogP contribution in [-0.4, -0.2) is 18.3 Å². The van der Waals surface area contributed by atoms with E-state index in [9.17, 15) is 5.11 Å². The van der Waals surface area contributed by atoms with Gasteiger partial charge in [0.1, 0.15) is 0 Å². The fraction of sp³-hybridized carbons (Fsp3) is 0.818. The van der Waals surface area contributed by atoms with Crippen molar-refractivity contribution < 1.29 is 9.84 Å². The summed E-state index contributed by atoms with van der Waals surface area (Å²) in [4.78, 5) is 0. The van der Waals surface area contributed by atoms with Gasteiger partial charge >= 0.3 is 0 Å². The average molecular weight is 331 g/mol. The van der Waals surface area contributed by atoms with Gasteiger partial charge in [0.25, 0.3) is 0 Å². The molecule has 0 saturated heterocycles. The van der Waals surface area contributed by atoms with E-state index < -0.39 is 0 Å². The lowest BCUT2D eigenvalue weighted by atomic mass is 9.51. The van der Waals surface area contributed by atoms with Gasteiger partial charge in [0, 0.05) is 6.42 Å². The molecule has 2 heteroatoms. The van der Waals surface area contributed by atoms with E-state index in [0.29, 0.717) is 11.3 Å². The SMILES string of the molecule is COC1=CCC2=C(C1)C[C@@H](C)[C@@H]1[C@@H]2CC[C@@]2(C)[C@@H]1CC[C@H]2[C@H](C)O. The van der Waals surface area contributed by atoms with Crippen molar-refractivity contribution in [3.63, 3.8) is 0 Å². The second kappa shape index (κ2) is 5.90. The Kier molecular flexibility index (Phi) is 4.10. The Labute approximate surface area is 147 Å². The molecular formula is C22H34O2. The van der Waals surface area contributed by atoms with Gasteiger partial charge < -0.3 is 9.84 Å². The predicted octanol–water partition coefficient (Wildman–Crippen LogP) is 5.09. The number of fused-ring (bicyclic) bond motifs is 4. The number of aliphatic hydroxyl groups is 1. The summed E-state index contributed by atoms with van der Waals surface area (Å²) in [7, 11) is 1.81. The maximum absolute atomic E-state index is 10.3. The first kappa shape index (κ1) is 16.7. The van der Waals surface area contributed by atoms with Crippen LogP contribution in [0.4, 0.5) is 0 Å². The molecule has 0 radical (unpaired) electrons. The van der Waals surface area contributed by atoms with Crippen LogP contribution in [0.15, 0.2) is 23.0 Å². The Morgan fingerprint density at radius 3 is 2.79 bits per heavy atom. The molecule has 1 N–H and O–H groups in total. The molecule has 4 aliphatic rings.